The number of anilines is 1. The smallest absolute Gasteiger partial charge is 0.262 e. The molecule has 2 aromatic rings. The zero-order valence-electron chi connectivity index (χ0n) is 13.0. The van der Waals surface area contributed by atoms with Crippen molar-refractivity contribution in [1.29, 1.82) is 0 Å². The van der Waals surface area contributed by atoms with Gasteiger partial charge in [0.25, 0.3) is 5.91 Å². The lowest BCUT2D eigenvalue weighted by atomic mass is 10.1. The molecule has 0 bridgehead atoms. The van der Waals surface area contributed by atoms with Crippen molar-refractivity contribution in [2.75, 3.05) is 19.1 Å². The van der Waals surface area contributed by atoms with Crippen LogP contribution in [0.25, 0.3) is 0 Å². The van der Waals surface area contributed by atoms with Crippen molar-refractivity contribution in [1.82, 2.24) is 0 Å². The Morgan fingerprint density at radius 3 is 2.64 bits per heavy atom. The van der Waals surface area contributed by atoms with Crippen molar-refractivity contribution in [3.8, 4) is 11.5 Å². The molecule has 1 aliphatic rings. The Bertz CT molecular complexity index is 711. The number of methoxy groups -OCH3 is 2. The first-order valence-corrected chi connectivity index (χ1v) is 7.29. The summed E-state index contributed by atoms with van der Waals surface area (Å²) in [5, 5.41) is 0. The SMILES string of the molecule is COc1ccc(OC)c(C(=O)N2c3ccccc3CC2C)c1. The summed E-state index contributed by atoms with van der Waals surface area (Å²) in [4.78, 5) is 14.9. The molecule has 1 unspecified atom stereocenters. The average Bonchev–Trinajstić information content (AvgIpc) is 2.89. The maximum atomic E-state index is 13.1. The maximum Gasteiger partial charge on any atom is 0.262 e. The Kier molecular flexibility index (Phi) is 3.75. The summed E-state index contributed by atoms with van der Waals surface area (Å²) in [5.74, 6) is 1.14. The van der Waals surface area contributed by atoms with E-state index >= 15 is 0 Å². The van der Waals surface area contributed by atoms with E-state index in [-0.39, 0.29) is 11.9 Å². The van der Waals surface area contributed by atoms with Crippen molar-refractivity contribution >= 4 is 11.6 Å². The van der Waals surface area contributed by atoms with Gasteiger partial charge in [-0.3, -0.25) is 4.79 Å². The van der Waals surface area contributed by atoms with Crippen molar-refractivity contribution < 1.29 is 14.3 Å². The summed E-state index contributed by atoms with van der Waals surface area (Å²) in [6.07, 6.45) is 0.869. The summed E-state index contributed by atoms with van der Waals surface area (Å²) in [7, 11) is 3.16. The normalized spacial score (nSPS) is 16.3. The van der Waals surface area contributed by atoms with E-state index in [1.165, 1.54) is 5.56 Å². The van der Waals surface area contributed by atoms with E-state index in [1.807, 2.05) is 23.1 Å². The fourth-order valence-corrected chi connectivity index (χ4v) is 2.99. The van der Waals surface area contributed by atoms with E-state index in [0.29, 0.717) is 17.1 Å². The van der Waals surface area contributed by atoms with Gasteiger partial charge in [0, 0.05) is 11.7 Å². The van der Waals surface area contributed by atoms with Crippen LogP contribution in [0.5, 0.6) is 11.5 Å². The number of ether oxygens (including phenoxy) is 2. The minimum atomic E-state index is -0.0619. The number of benzene rings is 2. The van der Waals surface area contributed by atoms with E-state index in [9.17, 15) is 4.79 Å². The summed E-state index contributed by atoms with van der Waals surface area (Å²) in [6.45, 7) is 2.06. The highest BCUT2D eigenvalue weighted by atomic mass is 16.5. The summed E-state index contributed by atoms with van der Waals surface area (Å²) in [6, 6.07) is 13.4. The third-order valence-corrected chi connectivity index (χ3v) is 4.06. The monoisotopic (exact) mass is 297 g/mol. The summed E-state index contributed by atoms with van der Waals surface area (Å²) < 4.78 is 10.6. The molecule has 0 N–H and O–H groups in total. The number of amides is 1. The highest BCUT2D eigenvalue weighted by Crippen LogP contribution is 2.35. The van der Waals surface area contributed by atoms with Gasteiger partial charge in [0.05, 0.1) is 19.8 Å². The summed E-state index contributed by atoms with van der Waals surface area (Å²) >= 11 is 0. The van der Waals surface area contributed by atoms with Crippen LogP contribution in [-0.4, -0.2) is 26.2 Å². The quantitative estimate of drug-likeness (QED) is 0.872. The van der Waals surface area contributed by atoms with E-state index in [4.69, 9.17) is 9.47 Å². The molecule has 0 saturated carbocycles. The van der Waals surface area contributed by atoms with Gasteiger partial charge in [0.1, 0.15) is 11.5 Å². The van der Waals surface area contributed by atoms with Crippen LogP contribution in [0.15, 0.2) is 42.5 Å². The topological polar surface area (TPSA) is 38.8 Å². The van der Waals surface area contributed by atoms with Crippen LogP contribution < -0.4 is 14.4 Å². The molecule has 1 aliphatic heterocycles. The van der Waals surface area contributed by atoms with Crippen LogP contribution >= 0.6 is 0 Å². The molecule has 0 spiro atoms. The first-order valence-electron chi connectivity index (χ1n) is 7.29. The molecule has 2 aromatic carbocycles. The van der Waals surface area contributed by atoms with Gasteiger partial charge in [0.2, 0.25) is 0 Å². The molecule has 22 heavy (non-hydrogen) atoms. The minimum Gasteiger partial charge on any atom is -0.497 e. The Balaban J connectivity index is 2.04. The lowest BCUT2D eigenvalue weighted by Crippen LogP contribution is -2.35. The molecular formula is C18H19NO3. The number of hydrogen-bond donors (Lipinski definition) is 0. The molecule has 0 radical (unpaired) electrons. The van der Waals surface area contributed by atoms with E-state index in [2.05, 4.69) is 13.0 Å². The number of nitrogens with zero attached hydrogens (tertiary/aromatic N) is 1. The second kappa shape index (κ2) is 5.72. The molecule has 4 nitrogen and oxygen atoms in total. The van der Waals surface area contributed by atoms with Crippen LogP contribution in [0, 0.1) is 0 Å². The third kappa shape index (κ3) is 2.30. The van der Waals surface area contributed by atoms with Crippen LogP contribution in [0.4, 0.5) is 5.69 Å². The molecule has 0 saturated heterocycles. The van der Waals surface area contributed by atoms with Crippen LogP contribution in [-0.2, 0) is 6.42 Å². The van der Waals surface area contributed by atoms with Gasteiger partial charge in [-0.1, -0.05) is 18.2 Å². The molecule has 1 amide bonds. The fourth-order valence-electron chi connectivity index (χ4n) is 2.99. The molecule has 114 valence electrons. The zero-order chi connectivity index (χ0) is 15.7. The zero-order valence-corrected chi connectivity index (χ0v) is 13.0. The predicted octanol–water partition coefficient (Wildman–Crippen LogP) is 3.30. The second-order valence-corrected chi connectivity index (χ2v) is 5.42. The van der Waals surface area contributed by atoms with E-state index in [0.717, 1.165) is 12.1 Å². The second-order valence-electron chi connectivity index (χ2n) is 5.42. The lowest BCUT2D eigenvalue weighted by molar-refractivity contribution is 0.0978. The highest BCUT2D eigenvalue weighted by Gasteiger charge is 2.32. The first kappa shape index (κ1) is 14.4. The molecule has 1 heterocycles. The van der Waals surface area contributed by atoms with E-state index < -0.39 is 0 Å². The number of fused-ring (bicyclic) bond motifs is 1. The minimum absolute atomic E-state index is 0.0619. The van der Waals surface area contributed by atoms with Crippen molar-refractivity contribution in [3.63, 3.8) is 0 Å². The molecular weight excluding hydrogens is 278 g/mol. The van der Waals surface area contributed by atoms with Crippen molar-refractivity contribution in [2.24, 2.45) is 0 Å². The van der Waals surface area contributed by atoms with Gasteiger partial charge in [0.15, 0.2) is 0 Å². The molecule has 3 rings (SSSR count). The largest absolute Gasteiger partial charge is 0.497 e. The van der Waals surface area contributed by atoms with E-state index in [1.54, 1.807) is 32.4 Å². The molecule has 0 fully saturated rings. The summed E-state index contributed by atoms with van der Waals surface area (Å²) in [5.41, 5.74) is 2.69. The van der Waals surface area contributed by atoms with Crippen LogP contribution in [0.3, 0.4) is 0 Å². The molecule has 1 atom stereocenters. The number of carbonyl (C=O) groups is 1. The lowest BCUT2D eigenvalue weighted by Gasteiger charge is -2.24. The Morgan fingerprint density at radius 2 is 1.91 bits per heavy atom. The van der Waals surface area contributed by atoms with Crippen molar-refractivity contribution in [2.45, 2.75) is 19.4 Å². The number of rotatable bonds is 3. The molecule has 4 heteroatoms. The first-order chi connectivity index (χ1) is 10.7. The van der Waals surface area contributed by atoms with Crippen LogP contribution in [0.1, 0.15) is 22.8 Å². The van der Waals surface area contributed by atoms with Gasteiger partial charge in [-0.05, 0) is 43.2 Å². The average molecular weight is 297 g/mol. The molecule has 0 aromatic heterocycles. The maximum absolute atomic E-state index is 13.1. The molecule has 0 aliphatic carbocycles. The van der Waals surface area contributed by atoms with Gasteiger partial charge < -0.3 is 14.4 Å². The Morgan fingerprint density at radius 1 is 1.14 bits per heavy atom. The number of hydrogen-bond acceptors (Lipinski definition) is 3. The van der Waals surface area contributed by atoms with Gasteiger partial charge in [-0.15, -0.1) is 0 Å². The Hall–Kier alpha value is -2.49. The van der Waals surface area contributed by atoms with Crippen LogP contribution in [0.2, 0.25) is 0 Å². The predicted molar refractivity (Wildman–Crippen MR) is 86.0 cm³/mol. The van der Waals surface area contributed by atoms with Crippen molar-refractivity contribution in [3.05, 3.63) is 53.6 Å². The third-order valence-electron chi connectivity index (χ3n) is 4.06. The van der Waals surface area contributed by atoms with Gasteiger partial charge >= 0.3 is 0 Å². The van der Waals surface area contributed by atoms with Gasteiger partial charge in [-0.2, -0.15) is 0 Å². The fraction of sp³-hybridized carbons (Fsp3) is 0.278. The number of para-hydroxylation sites is 1. The standard InChI is InChI=1S/C18H19NO3/c1-12-10-13-6-4-5-7-16(13)19(12)18(20)15-11-14(21-2)8-9-17(15)22-3/h4-9,11-12H,10H2,1-3H3. The Labute approximate surface area is 130 Å². The highest BCUT2D eigenvalue weighted by molar-refractivity contribution is 6.09. The number of carbonyl (C=O) groups excluding carboxylic acids is 1. The van der Waals surface area contributed by atoms with Gasteiger partial charge in [-0.25, -0.2) is 0 Å².